The molecular formula is C34H32N8. The fraction of sp³-hybridized carbons (Fsp3) is 0.206. The van der Waals surface area contributed by atoms with Gasteiger partial charge in [-0.15, -0.1) is 5.10 Å². The molecule has 0 aliphatic heterocycles. The number of H-pyrrole nitrogens is 1. The lowest BCUT2D eigenvalue weighted by molar-refractivity contribution is 0.690. The van der Waals surface area contributed by atoms with E-state index in [2.05, 4.69) is 111 Å². The van der Waals surface area contributed by atoms with Gasteiger partial charge in [-0.1, -0.05) is 74.0 Å². The number of tetrazole rings is 1. The molecule has 7 rings (SSSR count). The number of fused-ring (bicyclic) bond motifs is 2. The number of rotatable bonds is 8. The highest BCUT2D eigenvalue weighted by Crippen LogP contribution is 2.32. The molecule has 0 amide bonds. The Bertz CT molecular complexity index is 2010. The normalized spacial score (nSPS) is 11.6. The van der Waals surface area contributed by atoms with Crippen LogP contribution in [0.15, 0.2) is 84.9 Å². The molecule has 0 aliphatic carbocycles. The number of aryl methyl sites for hydroxylation is 3. The van der Waals surface area contributed by atoms with Gasteiger partial charge < -0.3 is 9.13 Å². The molecule has 0 bridgehead atoms. The summed E-state index contributed by atoms with van der Waals surface area (Å²) in [6.45, 7) is 5.13. The number of aromatic amines is 1. The number of hydrogen-bond acceptors (Lipinski definition) is 5. The van der Waals surface area contributed by atoms with Gasteiger partial charge in [-0.3, -0.25) is 0 Å². The number of unbranched alkanes of at least 4 members (excludes halogenated alkanes) is 1. The van der Waals surface area contributed by atoms with Crippen LogP contribution in [0.5, 0.6) is 0 Å². The molecule has 1 N–H and O–H groups in total. The summed E-state index contributed by atoms with van der Waals surface area (Å²) >= 11 is 0. The third kappa shape index (κ3) is 4.55. The van der Waals surface area contributed by atoms with Gasteiger partial charge in [-0.2, -0.15) is 0 Å². The topological polar surface area (TPSA) is 90.1 Å². The van der Waals surface area contributed by atoms with Crippen molar-refractivity contribution in [1.29, 1.82) is 0 Å². The van der Waals surface area contributed by atoms with Crippen LogP contribution in [0.25, 0.3) is 56.0 Å². The van der Waals surface area contributed by atoms with Crippen molar-refractivity contribution in [3.8, 4) is 33.9 Å². The van der Waals surface area contributed by atoms with Crippen LogP contribution in [-0.4, -0.2) is 39.7 Å². The summed E-state index contributed by atoms with van der Waals surface area (Å²) in [6.07, 6.45) is 3.18. The number of nitrogens with zero attached hydrogens (tertiary/aromatic N) is 7. The summed E-state index contributed by atoms with van der Waals surface area (Å²) in [4.78, 5) is 10.1. The molecule has 0 spiro atoms. The van der Waals surface area contributed by atoms with E-state index in [9.17, 15) is 0 Å². The van der Waals surface area contributed by atoms with Crippen LogP contribution in [0.3, 0.4) is 0 Å². The predicted octanol–water partition coefficient (Wildman–Crippen LogP) is 7.14. The van der Waals surface area contributed by atoms with Crippen LogP contribution in [0.1, 0.15) is 36.7 Å². The fourth-order valence-corrected chi connectivity index (χ4v) is 5.86. The maximum atomic E-state index is 5.16. The Kier molecular flexibility index (Phi) is 6.58. The van der Waals surface area contributed by atoms with Crippen molar-refractivity contribution in [2.75, 3.05) is 0 Å². The van der Waals surface area contributed by atoms with E-state index in [1.54, 1.807) is 0 Å². The second-order valence-electron chi connectivity index (χ2n) is 10.9. The van der Waals surface area contributed by atoms with Gasteiger partial charge in [-0.25, -0.2) is 15.1 Å². The van der Waals surface area contributed by atoms with E-state index in [4.69, 9.17) is 9.97 Å². The molecule has 4 aromatic carbocycles. The standard InChI is InChI=1S/C34H32N8/c1-4-5-14-31-36-32-22(2)19-25(34-35-28-12-8-9-13-29(28)41(34)3)20-30(32)42(31)21-23-15-17-24(18-16-23)26-10-6-7-11-27(26)33-37-39-40-38-33/h6-13,15-20H,4-5,14,21H2,1-3H3,(H,37,38,39,40). The van der Waals surface area contributed by atoms with Crippen LogP contribution in [0.4, 0.5) is 0 Å². The van der Waals surface area contributed by atoms with E-state index in [1.165, 1.54) is 11.1 Å². The number of hydrogen-bond donors (Lipinski definition) is 1. The van der Waals surface area contributed by atoms with Crippen LogP contribution in [-0.2, 0) is 20.0 Å². The third-order valence-corrected chi connectivity index (χ3v) is 8.06. The number of benzene rings is 4. The van der Waals surface area contributed by atoms with Crippen molar-refractivity contribution in [1.82, 2.24) is 39.7 Å². The Morgan fingerprint density at radius 1 is 0.810 bits per heavy atom. The summed E-state index contributed by atoms with van der Waals surface area (Å²) in [7, 11) is 2.09. The van der Waals surface area contributed by atoms with Gasteiger partial charge in [0.1, 0.15) is 11.6 Å². The van der Waals surface area contributed by atoms with Gasteiger partial charge >= 0.3 is 0 Å². The second kappa shape index (κ2) is 10.7. The molecule has 42 heavy (non-hydrogen) atoms. The monoisotopic (exact) mass is 552 g/mol. The molecule has 3 heterocycles. The molecule has 0 aliphatic rings. The molecule has 0 saturated carbocycles. The van der Waals surface area contributed by atoms with Gasteiger partial charge in [0.2, 0.25) is 0 Å². The molecule has 0 unspecified atom stereocenters. The van der Waals surface area contributed by atoms with Crippen molar-refractivity contribution in [3.63, 3.8) is 0 Å². The molecular weight excluding hydrogens is 520 g/mol. The number of aromatic nitrogens is 8. The van der Waals surface area contributed by atoms with Gasteiger partial charge in [0.15, 0.2) is 5.82 Å². The Morgan fingerprint density at radius 3 is 2.36 bits per heavy atom. The van der Waals surface area contributed by atoms with E-state index in [0.717, 1.165) is 81.8 Å². The minimum Gasteiger partial charge on any atom is -0.327 e. The Hall–Kier alpha value is -5.11. The molecule has 8 nitrogen and oxygen atoms in total. The number of nitrogens with one attached hydrogen (secondary N) is 1. The first-order chi connectivity index (χ1) is 20.6. The van der Waals surface area contributed by atoms with E-state index in [1.807, 2.05) is 24.3 Å². The van der Waals surface area contributed by atoms with Gasteiger partial charge in [-0.05, 0) is 70.3 Å². The highest BCUT2D eigenvalue weighted by Gasteiger charge is 2.18. The Balaban J connectivity index is 1.29. The van der Waals surface area contributed by atoms with Crippen LogP contribution < -0.4 is 0 Å². The number of para-hydroxylation sites is 2. The zero-order chi connectivity index (χ0) is 28.6. The van der Waals surface area contributed by atoms with Crippen molar-refractivity contribution >= 4 is 22.1 Å². The first kappa shape index (κ1) is 25.8. The second-order valence-corrected chi connectivity index (χ2v) is 10.9. The van der Waals surface area contributed by atoms with Crippen molar-refractivity contribution in [2.24, 2.45) is 7.05 Å². The van der Waals surface area contributed by atoms with Gasteiger partial charge in [0.05, 0.1) is 22.1 Å². The Labute approximate surface area is 244 Å². The minimum atomic E-state index is 0.659. The number of imidazole rings is 2. The van der Waals surface area contributed by atoms with E-state index in [-0.39, 0.29) is 0 Å². The first-order valence-electron chi connectivity index (χ1n) is 14.4. The molecule has 208 valence electrons. The minimum absolute atomic E-state index is 0.659. The molecule has 8 heteroatoms. The van der Waals surface area contributed by atoms with E-state index >= 15 is 0 Å². The molecule has 3 aromatic heterocycles. The summed E-state index contributed by atoms with van der Waals surface area (Å²) in [5, 5.41) is 14.5. The van der Waals surface area contributed by atoms with Gasteiger partial charge in [0, 0.05) is 31.1 Å². The summed E-state index contributed by atoms with van der Waals surface area (Å²) in [5.41, 5.74) is 11.0. The zero-order valence-corrected chi connectivity index (χ0v) is 24.0. The predicted molar refractivity (Wildman–Crippen MR) is 167 cm³/mol. The van der Waals surface area contributed by atoms with Crippen molar-refractivity contribution in [3.05, 3.63) is 102 Å². The maximum Gasteiger partial charge on any atom is 0.180 e. The molecule has 7 aromatic rings. The average Bonchev–Trinajstić information content (AvgIpc) is 3.76. The highest BCUT2D eigenvalue weighted by atomic mass is 15.5. The SMILES string of the molecule is CCCCc1nc2c(C)cc(-c3nc4ccccc4n3C)cc2n1Cc1ccc(-c2ccccc2-c2nnn[nH]2)cc1. The lowest BCUT2D eigenvalue weighted by Crippen LogP contribution is -2.05. The lowest BCUT2D eigenvalue weighted by atomic mass is 9.98. The molecule has 0 fully saturated rings. The Morgan fingerprint density at radius 2 is 1.60 bits per heavy atom. The summed E-state index contributed by atoms with van der Waals surface area (Å²) < 4.78 is 4.58. The largest absolute Gasteiger partial charge is 0.327 e. The van der Waals surface area contributed by atoms with Crippen LogP contribution in [0.2, 0.25) is 0 Å². The fourth-order valence-electron chi connectivity index (χ4n) is 5.86. The van der Waals surface area contributed by atoms with Crippen molar-refractivity contribution < 1.29 is 0 Å². The zero-order valence-electron chi connectivity index (χ0n) is 24.0. The molecule has 0 saturated heterocycles. The van der Waals surface area contributed by atoms with Crippen molar-refractivity contribution in [2.45, 2.75) is 39.7 Å². The molecule has 0 radical (unpaired) electrons. The summed E-state index contributed by atoms with van der Waals surface area (Å²) in [6, 6.07) is 29.7. The van der Waals surface area contributed by atoms with Crippen LogP contribution >= 0.6 is 0 Å². The van der Waals surface area contributed by atoms with E-state index < -0.39 is 0 Å². The van der Waals surface area contributed by atoms with Gasteiger partial charge in [0.25, 0.3) is 0 Å². The quantitative estimate of drug-likeness (QED) is 0.216. The summed E-state index contributed by atoms with van der Waals surface area (Å²) in [5.74, 6) is 2.75. The first-order valence-corrected chi connectivity index (χ1v) is 14.4. The highest BCUT2D eigenvalue weighted by molar-refractivity contribution is 5.87. The average molecular weight is 553 g/mol. The van der Waals surface area contributed by atoms with E-state index in [0.29, 0.717) is 5.82 Å². The molecule has 0 atom stereocenters. The maximum absolute atomic E-state index is 5.16. The van der Waals surface area contributed by atoms with Crippen LogP contribution in [0, 0.1) is 6.92 Å². The third-order valence-electron chi connectivity index (χ3n) is 8.06. The smallest absolute Gasteiger partial charge is 0.180 e. The lowest BCUT2D eigenvalue weighted by Gasteiger charge is -2.12.